The molecule has 0 amide bonds. The third-order valence-corrected chi connectivity index (χ3v) is 1.77. The minimum Gasteiger partial charge on any atom is -0.465 e. The van der Waals surface area contributed by atoms with Gasteiger partial charge in [0.15, 0.2) is 0 Å². The van der Waals surface area contributed by atoms with Crippen LogP contribution in [-0.2, 0) is 9.53 Å². The summed E-state index contributed by atoms with van der Waals surface area (Å²) in [6.07, 6.45) is 1.67. The van der Waals surface area contributed by atoms with E-state index in [1.54, 1.807) is 20.0 Å². The number of aromatic nitrogens is 1. The lowest BCUT2D eigenvalue weighted by Crippen LogP contribution is -2.13. The van der Waals surface area contributed by atoms with Gasteiger partial charge in [-0.3, -0.25) is 9.78 Å². The molecule has 1 heterocycles. The van der Waals surface area contributed by atoms with Crippen LogP contribution in [-0.4, -0.2) is 17.6 Å². The van der Waals surface area contributed by atoms with E-state index in [-0.39, 0.29) is 11.9 Å². The summed E-state index contributed by atoms with van der Waals surface area (Å²) >= 11 is 0. The Morgan fingerprint density at radius 2 is 2.38 bits per heavy atom. The molecule has 0 aliphatic rings. The molecule has 13 heavy (non-hydrogen) atoms. The number of nitrogens with zero attached hydrogens (tertiary/aromatic N) is 1. The van der Waals surface area contributed by atoms with Crippen LogP contribution in [0.5, 0.6) is 0 Å². The first kappa shape index (κ1) is 9.71. The lowest BCUT2D eigenvalue weighted by atomic mass is 10.1. The molecule has 1 aromatic heterocycles. The summed E-state index contributed by atoms with van der Waals surface area (Å²) in [6.45, 7) is 4.00. The van der Waals surface area contributed by atoms with Crippen LogP contribution in [0.2, 0.25) is 0 Å². The maximum atomic E-state index is 11.3. The van der Waals surface area contributed by atoms with Crippen molar-refractivity contribution in [1.29, 1.82) is 0 Å². The lowest BCUT2D eigenvalue weighted by molar-refractivity contribution is -0.144. The molecule has 0 fully saturated rings. The third-order valence-electron chi connectivity index (χ3n) is 1.77. The molecule has 0 aliphatic carbocycles. The molecule has 0 aromatic carbocycles. The highest BCUT2D eigenvalue weighted by atomic mass is 16.5. The van der Waals surface area contributed by atoms with Crippen LogP contribution in [0.4, 0.5) is 0 Å². The predicted octanol–water partition coefficient (Wildman–Crippen LogP) is 1.75. The fourth-order valence-electron chi connectivity index (χ4n) is 1.02. The van der Waals surface area contributed by atoms with Crippen LogP contribution in [0.1, 0.15) is 25.5 Å². The van der Waals surface area contributed by atoms with Crippen molar-refractivity contribution in [3.63, 3.8) is 0 Å². The van der Waals surface area contributed by atoms with Gasteiger partial charge in [-0.25, -0.2) is 0 Å². The molecule has 1 rings (SSSR count). The lowest BCUT2D eigenvalue weighted by Gasteiger charge is -2.08. The molecule has 0 aliphatic heterocycles. The van der Waals surface area contributed by atoms with E-state index in [0.29, 0.717) is 6.61 Å². The second-order valence-corrected chi connectivity index (χ2v) is 2.73. The van der Waals surface area contributed by atoms with Gasteiger partial charge >= 0.3 is 5.97 Å². The number of hydrogen-bond donors (Lipinski definition) is 0. The second kappa shape index (κ2) is 4.60. The molecular formula is C10H13NO2. The van der Waals surface area contributed by atoms with E-state index in [4.69, 9.17) is 4.74 Å². The molecular weight excluding hydrogens is 166 g/mol. The van der Waals surface area contributed by atoms with Crippen molar-refractivity contribution in [3.8, 4) is 0 Å². The number of ether oxygens (including phenoxy) is 1. The molecule has 1 unspecified atom stereocenters. The van der Waals surface area contributed by atoms with E-state index < -0.39 is 0 Å². The standard InChI is InChI=1S/C10H13NO2/c1-3-13-10(12)8(2)9-6-4-5-7-11-9/h4-8H,3H2,1-2H3. The minimum atomic E-state index is -0.277. The van der Waals surface area contributed by atoms with Crippen molar-refractivity contribution < 1.29 is 9.53 Å². The number of pyridine rings is 1. The minimum absolute atomic E-state index is 0.221. The van der Waals surface area contributed by atoms with Gasteiger partial charge in [0.1, 0.15) is 0 Å². The average Bonchev–Trinajstić information content (AvgIpc) is 2.18. The van der Waals surface area contributed by atoms with Crippen molar-refractivity contribution in [2.45, 2.75) is 19.8 Å². The Hall–Kier alpha value is -1.38. The van der Waals surface area contributed by atoms with E-state index in [9.17, 15) is 4.79 Å². The highest BCUT2D eigenvalue weighted by Gasteiger charge is 2.16. The van der Waals surface area contributed by atoms with Crippen LogP contribution >= 0.6 is 0 Å². The molecule has 3 heteroatoms. The maximum Gasteiger partial charge on any atom is 0.314 e. The monoisotopic (exact) mass is 179 g/mol. The molecule has 3 nitrogen and oxygen atoms in total. The van der Waals surface area contributed by atoms with Gasteiger partial charge < -0.3 is 4.74 Å². The van der Waals surface area contributed by atoms with Gasteiger partial charge in [0.05, 0.1) is 18.2 Å². The zero-order chi connectivity index (χ0) is 9.68. The van der Waals surface area contributed by atoms with Crippen molar-refractivity contribution in [1.82, 2.24) is 4.98 Å². The Morgan fingerprint density at radius 3 is 2.92 bits per heavy atom. The number of esters is 1. The van der Waals surface area contributed by atoms with Crippen molar-refractivity contribution in [2.75, 3.05) is 6.61 Å². The Kier molecular flexibility index (Phi) is 3.43. The van der Waals surface area contributed by atoms with Gasteiger partial charge in [-0.1, -0.05) is 6.07 Å². The zero-order valence-corrected chi connectivity index (χ0v) is 7.86. The van der Waals surface area contributed by atoms with Gasteiger partial charge in [0.2, 0.25) is 0 Å². The van der Waals surface area contributed by atoms with Crippen LogP contribution < -0.4 is 0 Å². The molecule has 0 spiro atoms. The average molecular weight is 179 g/mol. The van der Waals surface area contributed by atoms with Gasteiger partial charge in [-0.15, -0.1) is 0 Å². The SMILES string of the molecule is CCOC(=O)C(C)c1ccccn1. The Labute approximate surface area is 77.8 Å². The second-order valence-electron chi connectivity index (χ2n) is 2.73. The van der Waals surface area contributed by atoms with Gasteiger partial charge in [-0.05, 0) is 26.0 Å². The van der Waals surface area contributed by atoms with Crippen molar-refractivity contribution >= 4 is 5.97 Å². The summed E-state index contributed by atoms with van der Waals surface area (Å²) in [5.41, 5.74) is 0.751. The van der Waals surface area contributed by atoms with E-state index >= 15 is 0 Å². The summed E-state index contributed by atoms with van der Waals surface area (Å²) in [6, 6.07) is 5.50. The molecule has 1 atom stereocenters. The molecule has 0 saturated heterocycles. The third kappa shape index (κ3) is 2.54. The van der Waals surface area contributed by atoms with Crippen molar-refractivity contribution in [3.05, 3.63) is 30.1 Å². The smallest absolute Gasteiger partial charge is 0.314 e. The van der Waals surface area contributed by atoms with Crippen LogP contribution in [0.15, 0.2) is 24.4 Å². The molecule has 70 valence electrons. The van der Waals surface area contributed by atoms with E-state index in [0.717, 1.165) is 5.69 Å². The summed E-state index contributed by atoms with van der Waals surface area (Å²) in [5.74, 6) is -0.498. The summed E-state index contributed by atoms with van der Waals surface area (Å²) in [7, 11) is 0. The first-order valence-electron chi connectivity index (χ1n) is 4.33. The maximum absolute atomic E-state index is 11.3. The van der Waals surface area contributed by atoms with Crippen LogP contribution in [0.3, 0.4) is 0 Å². The van der Waals surface area contributed by atoms with E-state index in [2.05, 4.69) is 4.98 Å². The van der Waals surface area contributed by atoms with Crippen LogP contribution in [0, 0.1) is 0 Å². The Morgan fingerprint density at radius 1 is 1.62 bits per heavy atom. The number of hydrogen-bond acceptors (Lipinski definition) is 3. The van der Waals surface area contributed by atoms with E-state index in [1.807, 2.05) is 18.2 Å². The number of carbonyl (C=O) groups is 1. The fraction of sp³-hybridized carbons (Fsp3) is 0.400. The van der Waals surface area contributed by atoms with Crippen LogP contribution in [0.25, 0.3) is 0 Å². The normalized spacial score (nSPS) is 12.2. The topological polar surface area (TPSA) is 39.2 Å². The van der Waals surface area contributed by atoms with Crippen molar-refractivity contribution in [2.24, 2.45) is 0 Å². The largest absolute Gasteiger partial charge is 0.465 e. The Bertz CT molecular complexity index is 272. The highest BCUT2D eigenvalue weighted by molar-refractivity contribution is 5.76. The molecule has 0 radical (unpaired) electrons. The molecule has 0 bridgehead atoms. The van der Waals surface area contributed by atoms with E-state index in [1.165, 1.54) is 0 Å². The summed E-state index contributed by atoms with van der Waals surface area (Å²) in [4.78, 5) is 15.4. The summed E-state index contributed by atoms with van der Waals surface area (Å²) < 4.78 is 4.88. The zero-order valence-electron chi connectivity index (χ0n) is 7.86. The molecule has 0 N–H and O–H groups in total. The fourth-order valence-corrected chi connectivity index (χ4v) is 1.02. The number of carbonyl (C=O) groups excluding carboxylic acids is 1. The first-order chi connectivity index (χ1) is 6.25. The predicted molar refractivity (Wildman–Crippen MR) is 49.3 cm³/mol. The quantitative estimate of drug-likeness (QED) is 0.663. The molecule has 1 aromatic rings. The highest BCUT2D eigenvalue weighted by Crippen LogP contribution is 2.12. The summed E-state index contributed by atoms with van der Waals surface area (Å²) in [5, 5.41) is 0. The Balaban J connectivity index is 2.68. The number of rotatable bonds is 3. The van der Waals surface area contributed by atoms with Gasteiger partial charge in [-0.2, -0.15) is 0 Å². The van der Waals surface area contributed by atoms with Gasteiger partial charge in [0, 0.05) is 6.20 Å². The molecule has 0 saturated carbocycles. The first-order valence-corrected chi connectivity index (χ1v) is 4.33. The van der Waals surface area contributed by atoms with Gasteiger partial charge in [0.25, 0.3) is 0 Å².